The molecule has 0 aliphatic carbocycles. The Hall–Kier alpha value is -0.650. The molecule has 2 saturated heterocycles. The molecular weight excluding hydrogens is 218 g/mol. The van der Waals surface area contributed by atoms with E-state index in [0.29, 0.717) is 6.54 Å². The van der Waals surface area contributed by atoms with Crippen LogP contribution in [-0.2, 0) is 4.79 Å². The zero-order valence-electron chi connectivity index (χ0n) is 10.6. The van der Waals surface area contributed by atoms with Crippen molar-refractivity contribution in [2.24, 2.45) is 0 Å². The Balaban J connectivity index is 2.16. The monoisotopic (exact) mass is 241 g/mol. The first-order valence-corrected chi connectivity index (χ1v) is 6.53. The number of nitrogens with zero attached hydrogens (tertiary/aromatic N) is 2. The lowest BCUT2D eigenvalue weighted by Gasteiger charge is -2.45. The van der Waals surface area contributed by atoms with Gasteiger partial charge in [0.1, 0.15) is 5.54 Å². The number of piperidine rings is 1. The van der Waals surface area contributed by atoms with Gasteiger partial charge in [0, 0.05) is 26.2 Å². The molecule has 98 valence electrons. The molecule has 1 atom stereocenters. The second-order valence-corrected chi connectivity index (χ2v) is 5.27. The van der Waals surface area contributed by atoms with Crippen molar-refractivity contribution in [1.82, 2.24) is 15.1 Å². The van der Waals surface area contributed by atoms with Crippen molar-refractivity contribution in [2.75, 3.05) is 46.3 Å². The highest BCUT2D eigenvalue weighted by molar-refractivity contribution is 5.79. The van der Waals surface area contributed by atoms with Crippen molar-refractivity contribution in [3.05, 3.63) is 0 Å². The minimum absolute atomic E-state index is 0.647. The van der Waals surface area contributed by atoms with E-state index in [1.807, 2.05) is 7.05 Å². The van der Waals surface area contributed by atoms with E-state index >= 15 is 0 Å². The van der Waals surface area contributed by atoms with Gasteiger partial charge >= 0.3 is 5.97 Å². The van der Waals surface area contributed by atoms with Gasteiger partial charge in [-0.15, -0.1) is 0 Å². The number of likely N-dealkylation sites (N-methyl/N-ethyl adjacent to an activating group) is 1. The molecule has 0 aromatic rings. The Morgan fingerprint density at radius 2 is 2.06 bits per heavy atom. The largest absolute Gasteiger partial charge is 0.480 e. The van der Waals surface area contributed by atoms with Gasteiger partial charge in [-0.05, 0) is 39.4 Å². The van der Waals surface area contributed by atoms with Crippen molar-refractivity contribution in [2.45, 2.75) is 24.8 Å². The van der Waals surface area contributed by atoms with Gasteiger partial charge in [0.25, 0.3) is 0 Å². The van der Waals surface area contributed by atoms with E-state index in [9.17, 15) is 9.90 Å². The van der Waals surface area contributed by atoms with Gasteiger partial charge in [-0.2, -0.15) is 0 Å². The SMILES string of the molecule is CN1CCCC(C(=O)O)(N2CCCNCC2)C1. The Labute approximate surface area is 103 Å². The summed E-state index contributed by atoms with van der Waals surface area (Å²) in [4.78, 5) is 16.1. The fourth-order valence-electron chi connectivity index (χ4n) is 3.09. The van der Waals surface area contributed by atoms with Crippen molar-refractivity contribution in [3.63, 3.8) is 0 Å². The predicted octanol–water partition coefficient (Wildman–Crippen LogP) is -0.169. The number of hydrogen-bond acceptors (Lipinski definition) is 4. The minimum atomic E-state index is -0.654. The topological polar surface area (TPSA) is 55.8 Å². The van der Waals surface area contributed by atoms with Crippen LogP contribution in [0.2, 0.25) is 0 Å². The summed E-state index contributed by atoms with van der Waals surface area (Å²) in [6, 6.07) is 0. The summed E-state index contributed by atoms with van der Waals surface area (Å²) < 4.78 is 0. The molecule has 0 radical (unpaired) electrons. The van der Waals surface area contributed by atoms with E-state index in [2.05, 4.69) is 15.1 Å². The Kier molecular flexibility index (Phi) is 4.01. The fourth-order valence-corrected chi connectivity index (χ4v) is 3.09. The molecule has 2 rings (SSSR count). The summed E-state index contributed by atoms with van der Waals surface area (Å²) in [5.74, 6) is -0.647. The number of carbonyl (C=O) groups is 1. The maximum absolute atomic E-state index is 11.7. The van der Waals surface area contributed by atoms with Crippen molar-refractivity contribution in [1.29, 1.82) is 0 Å². The second kappa shape index (κ2) is 5.33. The van der Waals surface area contributed by atoms with E-state index in [-0.39, 0.29) is 0 Å². The van der Waals surface area contributed by atoms with Crippen LogP contribution in [0.1, 0.15) is 19.3 Å². The number of aliphatic carboxylic acids is 1. The summed E-state index contributed by atoms with van der Waals surface area (Å²) >= 11 is 0. The van der Waals surface area contributed by atoms with E-state index in [0.717, 1.165) is 52.0 Å². The van der Waals surface area contributed by atoms with Crippen LogP contribution >= 0.6 is 0 Å². The van der Waals surface area contributed by atoms with Crippen LogP contribution in [0.3, 0.4) is 0 Å². The number of carboxylic acid groups (broad SMARTS) is 1. The lowest BCUT2D eigenvalue weighted by atomic mass is 9.87. The average molecular weight is 241 g/mol. The molecule has 5 nitrogen and oxygen atoms in total. The fraction of sp³-hybridized carbons (Fsp3) is 0.917. The molecule has 0 aromatic carbocycles. The zero-order valence-corrected chi connectivity index (χ0v) is 10.6. The molecule has 0 amide bonds. The lowest BCUT2D eigenvalue weighted by molar-refractivity contribution is -0.155. The summed E-state index contributed by atoms with van der Waals surface area (Å²) in [6.45, 7) is 5.32. The number of nitrogens with one attached hydrogen (secondary N) is 1. The summed E-state index contributed by atoms with van der Waals surface area (Å²) in [5.41, 5.74) is -0.654. The number of rotatable bonds is 2. The van der Waals surface area contributed by atoms with Gasteiger partial charge in [-0.1, -0.05) is 0 Å². The highest BCUT2D eigenvalue weighted by atomic mass is 16.4. The highest BCUT2D eigenvalue weighted by Gasteiger charge is 2.46. The standard InChI is InChI=1S/C12H23N3O2/c1-14-7-2-4-12(10-14,11(16)17)15-8-3-5-13-6-9-15/h13H,2-10H2,1H3,(H,16,17). The average Bonchev–Trinajstić information content (AvgIpc) is 2.57. The third kappa shape index (κ3) is 2.61. The van der Waals surface area contributed by atoms with E-state index in [1.54, 1.807) is 0 Å². The molecule has 0 bridgehead atoms. The van der Waals surface area contributed by atoms with Crippen molar-refractivity contribution >= 4 is 5.97 Å². The Morgan fingerprint density at radius 3 is 2.76 bits per heavy atom. The first-order chi connectivity index (χ1) is 8.15. The number of hydrogen-bond donors (Lipinski definition) is 2. The van der Waals surface area contributed by atoms with Crippen LogP contribution in [0.25, 0.3) is 0 Å². The molecule has 0 saturated carbocycles. The smallest absolute Gasteiger partial charge is 0.325 e. The van der Waals surface area contributed by atoms with Gasteiger partial charge in [0.05, 0.1) is 0 Å². The van der Waals surface area contributed by atoms with Crippen LogP contribution in [0.15, 0.2) is 0 Å². The van der Waals surface area contributed by atoms with Crippen molar-refractivity contribution < 1.29 is 9.90 Å². The quantitative estimate of drug-likeness (QED) is 0.703. The van der Waals surface area contributed by atoms with Crippen LogP contribution in [0.5, 0.6) is 0 Å². The van der Waals surface area contributed by atoms with Gasteiger partial charge < -0.3 is 15.3 Å². The van der Waals surface area contributed by atoms with Crippen LogP contribution < -0.4 is 5.32 Å². The van der Waals surface area contributed by atoms with Gasteiger partial charge in [-0.25, -0.2) is 0 Å². The molecule has 2 heterocycles. The van der Waals surface area contributed by atoms with Gasteiger partial charge in [0.2, 0.25) is 0 Å². The third-order valence-electron chi connectivity index (χ3n) is 4.01. The normalized spacial score (nSPS) is 33.2. The summed E-state index contributed by atoms with van der Waals surface area (Å²) in [6.07, 6.45) is 2.80. The summed E-state index contributed by atoms with van der Waals surface area (Å²) in [7, 11) is 2.02. The zero-order chi connectivity index (χ0) is 12.3. The second-order valence-electron chi connectivity index (χ2n) is 5.27. The maximum atomic E-state index is 11.7. The lowest BCUT2D eigenvalue weighted by Crippen LogP contribution is -2.63. The molecule has 0 spiro atoms. The molecule has 2 fully saturated rings. The molecule has 2 aliphatic rings. The molecule has 2 N–H and O–H groups in total. The van der Waals surface area contributed by atoms with Gasteiger partial charge in [0.15, 0.2) is 0 Å². The van der Waals surface area contributed by atoms with Crippen LogP contribution in [0, 0.1) is 0 Å². The summed E-state index contributed by atoms with van der Waals surface area (Å²) in [5, 5.41) is 13.0. The van der Waals surface area contributed by atoms with Crippen molar-refractivity contribution in [3.8, 4) is 0 Å². The Morgan fingerprint density at radius 1 is 1.24 bits per heavy atom. The highest BCUT2D eigenvalue weighted by Crippen LogP contribution is 2.28. The molecule has 2 aliphatic heterocycles. The third-order valence-corrected chi connectivity index (χ3v) is 4.01. The van der Waals surface area contributed by atoms with Gasteiger partial charge in [-0.3, -0.25) is 9.69 Å². The van der Waals surface area contributed by atoms with Crippen LogP contribution in [-0.4, -0.2) is 72.7 Å². The van der Waals surface area contributed by atoms with E-state index < -0.39 is 11.5 Å². The van der Waals surface area contributed by atoms with E-state index in [4.69, 9.17) is 0 Å². The maximum Gasteiger partial charge on any atom is 0.325 e. The molecular formula is C12H23N3O2. The number of likely N-dealkylation sites (tertiary alicyclic amines) is 1. The van der Waals surface area contributed by atoms with E-state index in [1.165, 1.54) is 0 Å². The number of carboxylic acids is 1. The Bertz CT molecular complexity index is 277. The van der Waals surface area contributed by atoms with Crippen LogP contribution in [0.4, 0.5) is 0 Å². The minimum Gasteiger partial charge on any atom is -0.480 e. The predicted molar refractivity (Wildman–Crippen MR) is 66.2 cm³/mol. The first kappa shape index (κ1) is 12.8. The molecule has 5 heteroatoms. The molecule has 17 heavy (non-hydrogen) atoms. The molecule has 1 unspecified atom stereocenters. The molecule has 0 aromatic heterocycles. The first-order valence-electron chi connectivity index (χ1n) is 6.53.